The summed E-state index contributed by atoms with van der Waals surface area (Å²) in [5.41, 5.74) is 9.50. The van der Waals surface area contributed by atoms with E-state index in [4.69, 9.17) is 4.74 Å². The third kappa shape index (κ3) is 4.28. The molecule has 5 nitrogen and oxygen atoms in total. The molecule has 0 fully saturated rings. The van der Waals surface area contributed by atoms with Gasteiger partial charge in [0.15, 0.2) is 0 Å². The number of hydrogen-bond acceptors (Lipinski definition) is 4. The maximum Gasteiger partial charge on any atom is 0.137 e. The van der Waals surface area contributed by atoms with Gasteiger partial charge in [-0.1, -0.05) is 60.2 Å². The summed E-state index contributed by atoms with van der Waals surface area (Å²) in [7, 11) is 0. The average molecular weight is 573 g/mol. The Morgan fingerprint density at radius 3 is 2.32 bits per heavy atom. The Morgan fingerprint density at radius 2 is 1.48 bits per heavy atom. The number of fused-ring (bicyclic) bond motifs is 4. The zero-order chi connectivity index (χ0) is 29.8. The van der Waals surface area contributed by atoms with Gasteiger partial charge in [0.05, 0.1) is 16.7 Å². The fraction of sp³-hybridized carbons (Fsp3) is 0.103. The number of anilines is 1. The quantitative estimate of drug-likeness (QED) is 0.206. The van der Waals surface area contributed by atoms with E-state index in [1.165, 1.54) is 33.2 Å². The number of hydrogen-bond donors (Lipinski definition) is 0. The molecule has 0 N–H and O–H groups in total. The molecule has 0 saturated carbocycles. The third-order valence-corrected chi connectivity index (χ3v) is 8.53. The van der Waals surface area contributed by atoms with Gasteiger partial charge in [-0.2, -0.15) is 0 Å². The van der Waals surface area contributed by atoms with Crippen LogP contribution in [-0.4, -0.2) is 20.6 Å². The molecule has 2 aromatic heterocycles. The fourth-order valence-electron chi connectivity index (χ4n) is 6.81. The molecular weight excluding hydrogens is 540 g/mol. The molecule has 4 heterocycles. The first-order chi connectivity index (χ1) is 21.5. The normalized spacial score (nSPS) is 15.7. The molecule has 0 spiro atoms. The molecule has 0 bridgehead atoms. The Kier molecular flexibility index (Phi) is 6.12. The third-order valence-electron chi connectivity index (χ3n) is 8.53. The lowest BCUT2D eigenvalue weighted by atomic mass is 10.0. The molecule has 5 heteroatoms. The summed E-state index contributed by atoms with van der Waals surface area (Å²) in [5, 5.41) is 2.36. The van der Waals surface area contributed by atoms with Gasteiger partial charge in [0, 0.05) is 46.7 Å². The van der Waals surface area contributed by atoms with E-state index in [0.29, 0.717) is 0 Å². The van der Waals surface area contributed by atoms with Gasteiger partial charge in [-0.15, -0.1) is 0 Å². The topological polar surface area (TPSA) is 33.5 Å². The lowest BCUT2D eigenvalue weighted by Crippen LogP contribution is -2.36. The molecule has 44 heavy (non-hydrogen) atoms. The highest BCUT2D eigenvalue weighted by Crippen LogP contribution is 2.41. The zero-order valence-electron chi connectivity index (χ0n) is 25.0. The molecule has 0 radical (unpaired) electrons. The molecule has 0 saturated heterocycles. The highest BCUT2D eigenvalue weighted by atomic mass is 16.5. The van der Waals surface area contributed by atoms with Crippen molar-refractivity contribution in [3.63, 3.8) is 0 Å². The van der Waals surface area contributed by atoms with Crippen molar-refractivity contribution in [1.82, 2.24) is 14.5 Å². The number of nitrogens with zero attached hydrogens (tertiary/aromatic N) is 4. The van der Waals surface area contributed by atoms with Crippen molar-refractivity contribution in [1.29, 1.82) is 0 Å². The Bertz CT molecular complexity index is 2130. The molecule has 0 aliphatic carbocycles. The molecule has 8 rings (SSSR count). The number of rotatable bonds is 5. The van der Waals surface area contributed by atoms with Gasteiger partial charge in [-0.05, 0) is 86.5 Å². The number of ether oxygens (including phenoxy) is 1. The molecule has 0 amide bonds. The minimum Gasteiger partial charge on any atom is -0.457 e. The number of benzene rings is 4. The Balaban J connectivity index is 1.17. The van der Waals surface area contributed by atoms with E-state index >= 15 is 0 Å². The summed E-state index contributed by atoms with van der Waals surface area (Å²) in [6, 6.07) is 33.7. The monoisotopic (exact) mass is 572 g/mol. The first-order valence-corrected chi connectivity index (χ1v) is 15.0. The van der Waals surface area contributed by atoms with Crippen LogP contribution in [0.3, 0.4) is 0 Å². The summed E-state index contributed by atoms with van der Waals surface area (Å²) in [4.78, 5) is 9.38. The Hall–Kier alpha value is -5.55. The number of pyridine rings is 1. The van der Waals surface area contributed by atoms with E-state index < -0.39 is 0 Å². The number of aromatic nitrogens is 2. The largest absolute Gasteiger partial charge is 0.457 e. The van der Waals surface area contributed by atoms with E-state index in [-0.39, 0.29) is 6.17 Å². The van der Waals surface area contributed by atoms with Gasteiger partial charge < -0.3 is 14.5 Å². The highest BCUT2D eigenvalue weighted by Gasteiger charge is 2.33. The summed E-state index contributed by atoms with van der Waals surface area (Å²) < 4.78 is 8.75. The van der Waals surface area contributed by atoms with Crippen LogP contribution in [0.1, 0.15) is 22.3 Å². The highest BCUT2D eigenvalue weighted by molar-refractivity contribution is 6.09. The second-order valence-electron chi connectivity index (χ2n) is 11.6. The second-order valence-corrected chi connectivity index (χ2v) is 11.6. The van der Waals surface area contributed by atoms with Gasteiger partial charge in [0.25, 0.3) is 0 Å². The molecule has 1 unspecified atom stereocenters. The minimum absolute atomic E-state index is 0.0793. The predicted octanol–water partition coefficient (Wildman–Crippen LogP) is 9.43. The number of aryl methyl sites for hydroxylation is 3. The van der Waals surface area contributed by atoms with Gasteiger partial charge in [-0.25, -0.2) is 4.98 Å². The van der Waals surface area contributed by atoms with Crippen molar-refractivity contribution in [2.24, 2.45) is 0 Å². The first-order valence-electron chi connectivity index (χ1n) is 15.0. The van der Waals surface area contributed by atoms with Crippen LogP contribution in [0.15, 0.2) is 134 Å². The van der Waals surface area contributed by atoms with Crippen LogP contribution in [-0.2, 0) is 0 Å². The van der Waals surface area contributed by atoms with Crippen molar-refractivity contribution in [3.8, 4) is 17.3 Å². The van der Waals surface area contributed by atoms with Crippen LogP contribution in [0.2, 0.25) is 0 Å². The molecular formula is C39H32N4O. The van der Waals surface area contributed by atoms with Crippen LogP contribution in [0.25, 0.3) is 33.3 Å². The van der Waals surface area contributed by atoms with Crippen LogP contribution in [0.4, 0.5) is 5.69 Å². The minimum atomic E-state index is 0.0793. The average Bonchev–Trinajstić information content (AvgIpc) is 3.57. The van der Waals surface area contributed by atoms with E-state index in [2.05, 4.69) is 144 Å². The van der Waals surface area contributed by atoms with Crippen LogP contribution in [0, 0.1) is 20.8 Å². The SMILES string of the molecule is Cc1cc(C)c(N2C=C(c3cccc(Oc4ccc5c6ccccc6n(-c6ccccn6)c5c4)c3)N3C=CC=CC32)c(C)c1. The van der Waals surface area contributed by atoms with Crippen molar-refractivity contribution in [3.05, 3.63) is 156 Å². The maximum absolute atomic E-state index is 6.55. The molecule has 4 aromatic carbocycles. The van der Waals surface area contributed by atoms with E-state index in [1.54, 1.807) is 0 Å². The summed E-state index contributed by atoms with van der Waals surface area (Å²) >= 11 is 0. The zero-order valence-corrected chi connectivity index (χ0v) is 25.0. The summed E-state index contributed by atoms with van der Waals surface area (Å²) in [6.07, 6.45) is 12.8. The van der Waals surface area contributed by atoms with Crippen molar-refractivity contribution in [2.75, 3.05) is 4.90 Å². The van der Waals surface area contributed by atoms with Crippen molar-refractivity contribution >= 4 is 33.2 Å². The molecule has 2 aliphatic heterocycles. The van der Waals surface area contributed by atoms with Crippen LogP contribution in [0.5, 0.6) is 11.5 Å². The lowest BCUT2D eigenvalue weighted by Gasteiger charge is -2.33. The second kappa shape index (κ2) is 10.3. The van der Waals surface area contributed by atoms with Crippen molar-refractivity contribution < 1.29 is 4.74 Å². The van der Waals surface area contributed by atoms with Crippen molar-refractivity contribution in [2.45, 2.75) is 26.9 Å². The van der Waals surface area contributed by atoms with Crippen LogP contribution >= 0.6 is 0 Å². The Labute approximate surface area is 257 Å². The van der Waals surface area contributed by atoms with E-state index in [9.17, 15) is 0 Å². The molecule has 6 aromatic rings. The number of para-hydroxylation sites is 1. The first kappa shape index (κ1) is 26.1. The van der Waals surface area contributed by atoms with Gasteiger partial charge >= 0.3 is 0 Å². The van der Waals surface area contributed by atoms with Gasteiger partial charge in [0.1, 0.15) is 23.5 Å². The van der Waals surface area contributed by atoms with Crippen LogP contribution < -0.4 is 9.64 Å². The molecule has 214 valence electrons. The van der Waals surface area contributed by atoms with Gasteiger partial charge in [0.2, 0.25) is 0 Å². The summed E-state index contributed by atoms with van der Waals surface area (Å²) in [5.74, 6) is 2.45. The predicted molar refractivity (Wildman–Crippen MR) is 180 cm³/mol. The Morgan fingerprint density at radius 1 is 0.682 bits per heavy atom. The maximum atomic E-state index is 6.55. The standard InChI is InChI=1S/C39H32N4O/c1-26-21-27(2)39(28(3)22-26)42-25-36(41-20-9-7-16-38(41)42)29-11-10-12-30(23-29)44-31-17-18-33-32-13-4-5-14-34(32)43(35(33)24-31)37-15-6-8-19-40-37/h4-25,38H,1-3H3. The van der Waals surface area contributed by atoms with E-state index in [1.807, 2.05) is 30.5 Å². The number of allylic oxidation sites excluding steroid dienone is 2. The van der Waals surface area contributed by atoms with E-state index in [0.717, 1.165) is 39.6 Å². The summed E-state index contributed by atoms with van der Waals surface area (Å²) in [6.45, 7) is 6.56. The fourth-order valence-corrected chi connectivity index (χ4v) is 6.81. The molecule has 2 aliphatic rings. The van der Waals surface area contributed by atoms with Gasteiger partial charge in [-0.3, -0.25) is 4.57 Å². The lowest BCUT2D eigenvalue weighted by molar-refractivity contribution is 0.469. The molecule has 1 atom stereocenters. The smallest absolute Gasteiger partial charge is 0.137 e.